The highest BCUT2D eigenvalue weighted by molar-refractivity contribution is 6.30. The molecule has 1 unspecified atom stereocenters. The number of halogens is 1. The lowest BCUT2D eigenvalue weighted by Crippen LogP contribution is -2.48. The molecule has 1 aromatic heterocycles. The predicted octanol–water partition coefficient (Wildman–Crippen LogP) is 2.27. The number of carbonyl (C=O) groups is 2. The fourth-order valence-corrected chi connectivity index (χ4v) is 3.11. The van der Waals surface area contributed by atoms with E-state index in [2.05, 4.69) is 21.5 Å². The van der Waals surface area contributed by atoms with Gasteiger partial charge in [-0.1, -0.05) is 35.7 Å². The lowest BCUT2D eigenvalue weighted by Gasteiger charge is -2.19. The van der Waals surface area contributed by atoms with Crippen molar-refractivity contribution in [2.75, 3.05) is 6.54 Å². The first kappa shape index (κ1) is 20.2. The van der Waals surface area contributed by atoms with Crippen molar-refractivity contribution in [3.8, 4) is 12.3 Å². The fraction of sp³-hybridized carbons (Fsp3) is 0.136. The molecule has 6 nitrogen and oxygen atoms in total. The van der Waals surface area contributed by atoms with Crippen LogP contribution in [-0.2, 0) is 11.2 Å². The standard InChI is InChI=1S/C22H18ClN3O3/c1-2-11-24-22(29)19(26-21(28)14-7-9-16(23)10-8-14)12-15-13-20(27)25-18-6-4-3-5-17(15)18/h1,3-10,13,19H,11-12H2,(H,24,29)(H,25,27)(H,26,28). The van der Waals surface area contributed by atoms with Crippen molar-refractivity contribution in [1.82, 2.24) is 15.6 Å². The maximum atomic E-state index is 12.6. The molecule has 0 saturated heterocycles. The van der Waals surface area contributed by atoms with Gasteiger partial charge in [-0.15, -0.1) is 6.42 Å². The molecule has 29 heavy (non-hydrogen) atoms. The van der Waals surface area contributed by atoms with Crippen LogP contribution in [0.3, 0.4) is 0 Å². The quantitative estimate of drug-likeness (QED) is 0.547. The maximum Gasteiger partial charge on any atom is 0.251 e. The molecule has 3 rings (SSSR count). The Bertz CT molecular complexity index is 1150. The third-order valence-electron chi connectivity index (χ3n) is 4.35. The number of hydrogen-bond acceptors (Lipinski definition) is 3. The number of pyridine rings is 1. The third-order valence-corrected chi connectivity index (χ3v) is 4.61. The van der Waals surface area contributed by atoms with E-state index in [0.717, 1.165) is 5.39 Å². The van der Waals surface area contributed by atoms with E-state index in [1.54, 1.807) is 30.3 Å². The van der Waals surface area contributed by atoms with Gasteiger partial charge in [0.25, 0.3) is 5.91 Å². The second-order valence-corrected chi connectivity index (χ2v) is 6.80. The summed E-state index contributed by atoms with van der Waals surface area (Å²) in [6, 6.07) is 14.1. The Kier molecular flexibility index (Phi) is 6.32. The minimum absolute atomic E-state index is 0.0300. The highest BCUT2D eigenvalue weighted by atomic mass is 35.5. The zero-order valence-corrected chi connectivity index (χ0v) is 16.1. The molecule has 0 radical (unpaired) electrons. The Morgan fingerprint density at radius 3 is 2.59 bits per heavy atom. The Morgan fingerprint density at radius 2 is 1.86 bits per heavy atom. The van der Waals surface area contributed by atoms with E-state index in [-0.39, 0.29) is 18.5 Å². The van der Waals surface area contributed by atoms with Gasteiger partial charge in [0.2, 0.25) is 11.5 Å². The fourth-order valence-electron chi connectivity index (χ4n) is 2.98. The first-order valence-electron chi connectivity index (χ1n) is 8.86. The van der Waals surface area contributed by atoms with Gasteiger partial charge in [-0.2, -0.15) is 0 Å². The molecule has 0 bridgehead atoms. The van der Waals surface area contributed by atoms with Crippen molar-refractivity contribution in [3.05, 3.63) is 81.1 Å². The molecule has 0 fully saturated rings. The summed E-state index contributed by atoms with van der Waals surface area (Å²) in [5.41, 5.74) is 1.37. The minimum atomic E-state index is -0.920. The molecule has 2 amide bonds. The summed E-state index contributed by atoms with van der Waals surface area (Å²) in [4.78, 5) is 40.0. The Labute approximate surface area is 172 Å². The van der Waals surface area contributed by atoms with Crippen LogP contribution >= 0.6 is 11.6 Å². The van der Waals surface area contributed by atoms with E-state index < -0.39 is 17.9 Å². The van der Waals surface area contributed by atoms with Crippen molar-refractivity contribution >= 4 is 34.3 Å². The van der Waals surface area contributed by atoms with E-state index in [1.807, 2.05) is 18.2 Å². The summed E-state index contributed by atoms with van der Waals surface area (Å²) in [5.74, 6) is 1.46. The Balaban J connectivity index is 1.91. The number of para-hydroxylation sites is 1. The van der Waals surface area contributed by atoms with Gasteiger partial charge in [0, 0.05) is 34.0 Å². The van der Waals surface area contributed by atoms with Crippen LogP contribution in [0.2, 0.25) is 5.02 Å². The molecule has 0 aliphatic heterocycles. The maximum absolute atomic E-state index is 12.6. The van der Waals surface area contributed by atoms with E-state index in [0.29, 0.717) is 21.7 Å². The zero-order valence-electron chi connectivity index (χ0n) is 15.4. The van der Waals surface area contributed by atoms with Gasteiger partial charge in [-0.25, -0.2) is 0 Å². The SMILES string of the molecule is C#CCNC(=O)C(Cc1cc(=O)[nH]c2ccccc12)NC(=O)c1ccc(Cl)cc1. The van der Waals surface area contributed by atoms with Gasteiger partial charge in [0.1, 0.15) is 6.04 Å². The number of aromatic amines is 1. The van der Waals surface area contributed by atoms with E-state index in [1.165, 1.54) is 6.07 Å². The average molecular weight is 408 g/mol. The van der Waals surface area contributed by atoms with Crippen molar-refractivity contribution in [2.45, 2.75) is 12.5 Å². The van der Waals surface area contributed by atoms with Crippen LogP contribution in [0.1, 0.15) is 15.9 Å². The molecule has 1 atom stereocenters. The van der Waals surface area contributed by atoms with Crippen LogP contribution in [0.5, 0.6) is 0 Å². The van der Waals surface area contributed by atoms with Gasteiger partial charge >= 0.3 is 0 Å². The number of rotatable bonds is 6. The van der Waals surface area contributed by atoms with Crippen LogP contribution in [0.25, 0.3) is 10.9 Å². The largest absolute Gasteiger partial charge is 0.343 e. The first-order valence-corrected chi connectivity index (χ1v) is 9.24. The summed E-state index contributed by atoms with van der Waals surface area (Å²) in [7, 11) is 0. The molecular weight excluding hydrogens is 390 g/mol. The number of aromatic nitrogens is 1. The summed E-state index contributed by atoms with van der Waals surface area (Å²) in [5, 5.41) is 6.60. The Morgan fingerprint density at radius 1 is 1.14 bits per heavy atom. The van der Waals surface area contributed by atoms with Gasteiger partial charge in [0.05, 0.1) is 6.54 Å². The molecule has 2 aromatic carbocycles. The van der Waals surface area contributed by atoms with E-state index >= 15 is 0 Å². The lowest BCUT2D eigenvalue weighted by molar-refractivity contribution is -0.122. The van der Waals surface area contributed by atoms with E-state index in [9.17, 15) is 14.4 Å². The summed E-state index contributed by atoms with van der Waals surface area (Å²) >= 11 is 5.86. The number of hydrogen-bond donors (Lipinski definition) is 3. The zero-order chi connectivity index (χ0) is 20.8. The van der Waals surface area contributed by atoms with Crippen molar-refractivity contribution < 1.29 is 9.59 Å². The van der Waals surface area contributed by atoms with Gasteiger partial charge in [0.15, 0.2) is 0 Å². The number of benzene rings is 2. The Hall–Kier alpha value is -3.56. The smallest absolute Gasteiger partial charge is 0.251 e. The van der Waals surface area contributed by atoms with Gasteiger partial charge in [-0.3, -0.25) is 14.4 Å². The lowest BCUT2D eigenvalue weighted by atomic mass is 10.0. The first-order chi connectivity index (χ1) is 14.0. The monoisotopic (exact) mass is 407 g/mol. The van der Waals surface area contributed by atoms with E-state index in [4.69, 9.17) is 18.0 Å². The van der Waals surface area contributed by atoms with Crippen LogP contribution < -0.4 is 16.2 Å². The molecule has 0 saturated carbocycles. The molecule has 0 aliphatic rings. The highest BCUT2D eigenvalue weighted by Crippen LogP contribution is 2.17. The van der Waals surface area contributed by atoms with Crippen LogP contribution in [0.4, 0.5) is 0 Å². The van der Waals surface area contributed by atoms with Crippen LogP contribution in [0, 0.1) is 12.3 Å². The number of nitrogens with one attached hydrogen (secondary N) is 3. The number of H-pyrrole nitrogens is 1. The molecule has 1 heterocycles. The topological polar surface area (TPSA) is 91.1 Å². The molecule has 7 heteroatoms. The minimum Gasteiger partial charge on any atom is -0.343 e. The van der Waals surface area contributed by atoms with Crippen LogP contribution in [0.15, 0.2) is 59.4 Å². The number of carbonyl (C=O) groups excluding carboxylic acids is 2. The summed E-state index contributed by atoms with van der Waals surface area (Å²) in [6.45, 7) is 0.0300. The highest BCUT2D eigenvalue weighted by Gasteiger charge is 2.23. The molecule has 0 aliphatic carbocycles. The van der Waals surface area contributed by atoms with Crippen LogP contribution in [-0.4, -0.2) is 29.4 Å². The summed E-state index contributed by atoms with van der Waals surface area (Å²) in [6.07, 6.45) is 5.35. The predicted molar refractivity (Wildman–Crippen MR) is 113 cm³/mol. The summed E-state index contributed by atoms with van der Waals surface area (Å²) < 4.78 is 0. The van der Waals surface area contributed by atoms with Crippen molar-refractivity contribution in [3.63, 3.8) is 0 Å². The third kappa shape index (κ3) is 5.03. The molecular formula is C22H18ClN3O3. The number of fused-ring (bicyclic) bond motifs is 1. The second-order valence-electron chi connectivity index (χ2n) is 6.36. The van der Waals surface area contributed by atoms with Crippen molar-refractivity contribution in [2.24, 2.45) is 0 Å². The average Bonchev–Trinajstić information content (AvgIpc) is 2.71. The number of amides is 2. The van der Waals surface area contributed by atoms with Gasteiger partial charge < -0.3 is 15.6 Å². The second kappa shape index (κ2) is 9.09. The molecule has 3 aromatic rings. The number of terminal acetylenes is 1. The molecule has 3 N–H and O–H groups in total. The molecule has 146 valence electrons. The normalized spacial score (nSPS) is 11.4. The molecule has 0 spiro atoms. The van der Waals surface area contributed by atoms with Crippen molar-refractivity contribution in [1.29, 1.82) is 0 Å². The van der Waals surface area contributed by atoms with Gasteiger partial charge in [-0.05, 0) is 35.9 Å².